The summed E-state index contributed by atoms with van der Waals surface area (Å²) in [7, 11) is 1.50. The van der Waals surface area contributed by atoms with Gasteiger partial charge in [-0.1, -0.05) is 28.1 Å². The highest BCUT2D eigenvalue weighted by molar-refractivity contribution is 9.11. The second kappa shape index (κ2) is 11.0. The second-order valence-electron chi connectivity index (χ2n) is 6.68. The molecule has 3 N–H and O–H groups in total. The van der Waals surface area contributed by atoms with E-state index < -0.39 is 11.9 Å². The minimum atomic E-state index is -0.987. The van der Waals surface area contributed by atoms with Crippen molar-refractivity contribution in [2.75, 3.05) is 7.11 Å². The van der Waals surface area contributed by atoms with Gasteiger partial charge in [-0.3, -0.25) is 4.79 Å². The predicted octanol–water partition coefficient (Wildman–Crippen LogP) is 4.97. The summed E-state index contributed by atoms with van der Waals surface area (Å²) >= 11 is 6.45. The molecule has 0 aliphatic carbocycles. The average molecular weight is 578 g/mol. The second-order valence-corrected chi connectivity index (χ2v) is 8.45. The summed E-state index contributed by atoms with van der Waals surface area (Å²) in [5.74, 6) is -0.803. The van der Waals surface area contributed by atoms with Gasteiger partial charge in [0, 0.05) is 4.47 Å². The van der Waals surface area contributed by atoms with Crippen LogP contribution in [0.15, 0.2) is 68.6 Å². The van der Waals surface area contributed by atoms with Crippen LogP contribution < -0.4 is 14.9 Å². The number of methoxy groups -OCH3 is 1. The first-order valence-electron chi connectivity index (χ1n) is 9.43. The molecule has 1 amide bonds. The molecule has 8 nitrogen and oxygen atoms in total. The molecule has 0 heterocycles. The third-order valence-electron chi connectivity index (χ3n) is 4.44. The number of phenolic OH excluding ortho intramolecular Hbond substituents is 1. The fourth-order valence-electron chi connectivity index (χ4n) is 2.75. The first kappa shape index (κ1) is 24.3. The standard InChI is InChI=1S/C23H18Br2N2O6/c1-32-20-8-14(11-26-27-22(29)17-9-16(24)10-18(25)21(17)28)4-7-19(20)33-12-13-2-5-15(6-3-13)23(30)31/h2-11,28H,12H2,1H3,(H,27,29)(H,30,31)/b26-11-. The maximum Gasteiger partial charge on any atom is 0.335 e. The van der Waals surface area contributed by atoms with Gasteiger partial charge in [-0.05, 0) is 69.5 Å². The van der Waals surface area contributed by atoms with Gasteiger partial charge < -0.3 is 19.7 Å². The van der Waals surface area contributed by atoms with E-state index >= 15 is 0 Å². The molecule has 0 aromatic heterocycles. The molecule has 0 spiro atoms. The largest absolute Gasteiger partial charge is 0.506 e. The molecular weight excluding hydrogens is 560 g/mol. The van der Waals surface area contributed by atoms with Gasteiger partial charge in [-0.25, -0.2) is 10.2 Å². The number of rotatable bonds is 8. The number of aromatic carboxylic acids is 1. The van der Waals surface area contributed by atoms with Crippen molar-refractivity contribution in [2.24, 2.45) is 5.10 Å². The molecule has 0 unspecified atom stereocenters. The smallest absolute Gasteiger partial charge is 0.335 e. The third kappa shape index (κ3) is 6.33. The average Bonchev–Trinajstić information content (AvgIpc) is 2.80. The molecule has 3 aromatic carbocycles. The number of hydrogen-bond donors (Lipinski definition) is 3. The minimum Gasteiger partial charge on any atom is -0.506 e. The lowest BCUT2D eigenvalue weighted by Crippen LogP contribution is -2.18. The number of carboxylic acids is 1. The van der Waals surface area contributed by atoms with E-state index in [4.69, 9.17) is 14.6 Å². The fraction of sp³-hybridized carbons (Fsp3) is 0.0870. The van der Waals surface area contributed by atoms with Crippen LogP contribution in [0.3, 0.4) is 0 Å². The number of benzene rings is 3. The molecule has 0 radical (unpaired) electrons. The van der Waals surface area contributed by atoms with Gasteiger partial charge in [0.2, 0.25) is 0 Å². The lowest BCUT2D eigenvalue weighted by molar-refractivity contribution is 0.0696. The van der Waals surface area contributed by atoms with E-state index in [-0.39, 0.29) is 23.5 Å². The Kier molecular flexibility index (Phi) is 8.07. The quantitative estimate of drug-likeness (QED) is 0.257. The third-order valence-corrected chi connectivity index (χ3v) is 5.50. The highest BCUT2D eigenvalue weighted by Crippen LogP contribution is 2.31. The van der Waals surface area contributed by atoms with Crippen molar-refractivity contribution in [3.05, 3.63) is 85.8 Å². The van der Waals surface area contributed by atoms with Crippen LogP contribution in [0.4, 0.5) is 0 Å². The summed E-state index contributed by atoms with van der Waals surface area (Å²) in [5.41, 5.74) is 4.08. The number of hydrogen-bond acceptors (Lipinski definition) is 6. The van der Waals surface area contributed by atoms with Gasteiger partial charge in [0.15, 0.2) is 11.5 Å². The highest BCUT2D eigenvalue weighted by atomic mass is 79.9. The van der Waals surface area contributed by atoms with Crippen LogP contribution in [0, 0.1) is 0 Å². The van der Waals surface area contributed by atoms with Crippen LogP contribution >= 0.6 is 31.9 Å². The Morgan fingerprint density at radius 2 is 1.79 bits per heavy atom. The van der Waals surface area contributed by atoms with Crippen LogP contribution in [-0.2, 0) is 6.61 Å². The van der Waals surface area contributed by atoms with E-state index in [2.05, 4.69) is 42.4 Å². The van der Waals surface area contributed by atoms with E-state index in [1.54, 1.807) is 36.4 Å². The number of amides is 1. The Morgan fingerprint density at radius 1 is 1.06 bits per heavy atom. The Balaban J connectivity index is 1.65. The molecule has 33 heavy (non-hydrogen) atoms. The molecule has 0 atom stereocenters. The van der Waals surface area contributed by atoms with Crippen LogP contribution in [0.5, 0.6) is 17.2 Å². The number of hydrazone groups is 1. The van der Waals surface area contributed by atoms with E-state index in [0.29, 0.717) is 26.0 Å². The lowest BCUT2D eigenvalue weighted by Gasteiger charge is -2.11. The molecule has 170 valence electrons. The van der Waals surface area contributed by atoms with Crippen molar-refractivity contribution < 1.29 is 29.3 Å². The van der Waals surface area contributed by atoms with E-state index in [1.165, 1.54) is 31.5 Å². The number of nitrogens with one attached hydrogen (secondary N) is 1. The Bertz CT molecular complexity index is 1210. The normalized spacial score (nSPS) is 10.8. The zero-order valence-electron chi connectivity index (χ0n) is 17.2. The number of aromatic hydroxyl groups is 1. The van der Waals surface area contributed by atoms with Crippen molar-refractivity contribution in [3.8, 4) is 17.2 Å². The first-order valence-corrected chi connectivity index (χ1v) is 11.0. The molecule has 0 fully saturated rings. The summed E-state index contributed by atoms with van der Waals surface area (Å²) in [6.07, 6.45) is 1.43. The summed E-state index contributed by atoms with van der Waals surface area (Å²) in [6.45, 7) is 0.228. The van der Waals surface area contributed by atoms with Gasteiger partial charge in [0.25, 0.3) is 5.91 Å². The molecule has 0 bridgehead atoms. The van der Waals surface area contributed by atoms with Crippen molar-refractivity contribution in [2.45, 2.75) is 6.61 Å². The van der Waals surface area contributed by atoms with Gasteiger partial charge in [-0.2, -0.15) is 5.10 Å². The van der Waals surface area contributed by atoms with Gasteiger partial charge >= 0.3 is 5.97 Å². The molecule has 3 aromatic rings. The molecule has 0 aliphatic rings. The molecule has 10 heteroatoms. The maximum atomic E-state index is 12.3. The Hall–Kier alpha value is -3.37. The number of carbonyl (C=O) groups is 2. The molecule has 0 aliphatic heterocycles. The SMILES string of the molecule is COc1cc(/C=N\NC(=O)c2cc(Br)cc(Br)c2O)ccc1OCc1ccc(C(=O)O)cc1. The van der Waals surface area contributed by atoms with Gasteiger partial charge in [0.05, 0.1) is 28.9 Å². The number of ether oxygens (including phenoxy) is 2. The predicted molar refractivity (Wildman–Crippen MR) is 129 cm³/mol. The number of carboxylic acid groups (broad SMARTS) is 1. The minimum absolute atomic E-state index is 0.0612. The van der Waals surface area contributed by atoms with E-state index in [0.717, 1.165) is 5.56 Å². The monoisotopic (exact) mass is 576 g/mol. The molecule has 0 saturated carbocycles. The summed E-state index contributed by atoms with van der Waals surface area (Å²) < 4.78 is 12.2. The van der Waals surface area contributed by atoms with Gasteiger partial charge in [-0.15, -0.1) is 0 Å². The van der Waals surface area contributed by atoms with E-state index in [9.17, 15) is 14.7 Å². The Morgan fingerprint density at radius 3 is 2.45 bits per heavy atom. The van der Waals surface area contributed by atoms with Crippen LogP contribution in [0.25, 0.3) is 0 Å². The Labute approximate surface area is 206 Å². The zero-order chi connectivity index (χ0) is 24.0. The number of phenols is 1. The van der Waals surface area contributed by atoms with Crippen LogP contribution in [0.2, 0.25) is 0 Å². The summed E-state index contributed by atoms with van der Waals surface area (Å²) in [5, 5.41) is 22.9. The van der Waals surface area contributed by atoms with E-state index in [1.807, 2.05) is 0 Å². The lowest BCUT2D eigenvalue weighted by atomic mass is 10.1. The van der Waals surface area contributed by atoms with Crippen LogP contribution in [-0.4, -0.2) is 35.4 Å². The number of halogens is 2. The maximum absolute atomic E-state index is 12.3. The zero-order valence-corrected chi connectivity index (χ0v) is 20.4. The topological polar surface area (TPSA) is 117 Å². The van der Waals surface area contributed by atoms with Gasteiger partial charge in [0.1, 0.15) is 12.4 Å². The number of nitrogens with zero attached hydrogens (tertiary/aromatic N) is 1. The highest BCUT2D eigenvalue weighted by Gasteiger charge is 2.14. The van der Waals surface area contributed by atoms with Crippen molar-refractivity contribution >= 4 is 50.0 Å². The molecular formula is C23H18Br2N2O6. The molecule has 3 rings (SSSR count). The number of carbonyl (C=O) groups excluding carboxylic acids is 1. The van der Waals surface area contributed by atoms with Crippen LogP contribution in [0.1, 0.15) is 31.8 Å². The van der Waals surface area contributed by atoms with Crippen molar-refractivity contribution in [1.29, 1.82) is 0 Å². The first-order chi connectivity index (χ1) is 15.8. The summed E-state index contributed by atoms with van der Waals surface area (Å²) in [4.78, 5) is 23.2. The summed E-state index contributed by atoms with van der Waals surface area (Å²) in [6, 6.07) is 14.6. The van der Waals surface area contributed by atoms with Crippen molar-refractivity contribution in [1.82, 2.24) is 5.43 Å². The fourth-order valence-corrected chi connectivity index (χ4v) is 3.98. The molecule has 0 saturated heterocycles. The van der Waals surface area contributed by atoms with Crippen molar-refractivity contribution in [3.63, 3.8) is 0 Å².